The van der Waals surface area contributed by atoms with Gasteiger partial charge in [0.1, 0.15) is 0 Å². The maximum atomic E-state index is 12.4. The van der Waals surface area contributed by atoms with Gasteiger partial charge in [-0.3, -0.25) is 4.79 Å². The molecule has 0 aromatic heterocycles. The molecule has 0 fully saturated rings. The van der Waals surface area contributed by atoms with Crippen molar-refractivity contribution in [3.05, 3.63) is 22.7 Å². The number of nitrogens with one attached hydrogen (secondary N) is 1. The van der Waals surface area contributed by atoms with Crippen LogP contribution < -0.4 is 14.8 Å². The first-order valence-corrected chi connectivity index (χ1v) is 10.2. The number of carbonyl (C=O) groups excluding carboxylic acids is 1. The number of aliphatic imine (C=N–C) groups is 1. The minimum absolute atomic E-state index is 0.0803. The number of amides is 1. The molecular weight excluding hydrogens is 380 g/mol. The van der Waals surface area contributed by atoms with Gasteiger partial charge < -0.3 is 24.6 Å². The monoisotopic (exact) mass is 410 g/mol. The zero-order valence-corrected chi connectivity index (χ0v) is 18.0. The smallest absolute Gasteiger partial charge is 0.242 e. The van der Waals surface area contributed by atoms with Crippen LogP contribution in [0.1, 0.15) is 32.8 Å². The van der Waals surface area contributed by atoms with E-state index in [0.717, 1.165) is 12.0 Å². The Morgan fingerprint density at radius 3 is 2.61 bits per heavy atom. The summed E-state index contributed by atoms with van der Waals surface area (Å²) in [5.41, 5.74) is 0.924. The van der Waals surface area contributed by atoms with E-state index in [2.05, 4.69) is 10.3 Å². The fourth-order valence-electron chi connectivity index (χ4n) is 2.97. The second-order valence-electron chi connectivity index (χ2n) is 6.55. The highest BCUT2D eigenvalue weighted by molar-refractivity contribution is 6.32. The van der Waals surface area contributed by atoms with Crippen LogP contribution in [0.3, 0.4) is 0 Å². The van der Waals surface area contributed by atoms with Crippen LogP contribution in [-0.2, 0) is 11.3 Å². The van der Waals surface area contributed by atoms with Crippen LogP contribution in [0.2, 0.25) is 5.02 Å². The van der Waals surface area contributed by atoms with Crippen LogP contribution in [0.25, 0.3) is 0 Å². The highest BCUT2D eigenvalue weighted by Crippen LogP contribution is 2.38. The zero-order valence-electron chi connectivity index (χ0n) is 17.3. The molecule has 1 N–H and O–H groups in total. The van der Waals surface area contributed by atoms with Crippen molar-refractivity contribution in [2.45, 2.75) is 33.7 Å². The first-order chi connectivity index (χ1) is 13.5. The van der Waals surface area contributed by atoms with Crippen LogP contribution in [0.5, 0.6) is 11.5 Å². The van der Waals surface area contributed by atoms with Gasteiger partial charge in [0.15, 0.2) is 17.5 Å². The van der Waals surface area contributed by atoms with Crippen molar-refractivity contribution in [3.63, 3.8) is 0 Å². The number of halogens is 1. The van der Waals surface area contributed by atoms with Crippen molar-refractivity contribution in [1.29, 1.82) is 0 Å². The van der Waals surface area contributed by atoms with Gasteiger partial charge in [0.05, 0.1) is 31.3 Å². The molecule has 2 rings (SSSR count). The maximum Gasteiger partial charge on any atom is 0.242 e. The van der Waals surface area contributed by atoms with E-state index in [0.29, 0.717) is 61.9 Å². The molecule has 1 aliphatic heterocycles. The zero-order chi connectivity index (χ0) is 20.5. The molecule has 0 saturated heterocycles. The molecule has 0 bridgehead atoms. The summed E-state index contributed by atoms with van der Waals surface area (Å²) in [4.78, 5) is 20.7. The summed E-state index contributed by atoms with van der Waals surface area (Å²) in [5, 5.41) is 3.76. The lowest BCUT2D eigenvalue weighted by Crippen LogP contribution is -2.45. The van der Waals surface area contributed by atoms with E-state index in [9.17, 15) is 4.79 Å². The molecule has 1 aliphatic rings. The number of guanidine groups is 1. The van der Waals surface area contributed by atoms with E-state index < -0.39 is 0 Å². The summed E-state index contributed by atoms with van der Waals surface area (Å²) >= 11 is 6.36. The molecule has 1 heterocycles. The number of nitrogens with zero attached hydrogens (tertiary/aromatic N) is 3. The second-order valence-corrected chi connectivity index (χ2v) is 6.95. The highest BCUT2D eigenvalue weighted by atomic mass is 35.5. The van der Waals surface area contributed by atoms with Crippen molar-refractivity contribution < 1.29 is 14.3 Å². The normalized spacial score (nSPS) is 13.7. The average molecular weight is 411 g/mol. The topological polar surface area (TPSA) is 66.4 Å². The molecule has 0 spiro atoms. The molecule has 0 radical (unpaired) electrons. The Bertz CT molecular complexity index is 692. The Kier molecular flexibility index (Phi) is 8.70. The molecule has 28 heavy (non-hydrogen) atoms. The molecule has 156 valence electrons. The minimum Gasteiger partial charge on any atom is -0.489 e. The van der Waals surface area contributed by atoms with Crippen LogP contribution in [0, 0.1) is 0 Å². The Morgan fingerprint density at radius 2 is 1.93 bits per heavy atom. The van der Waals surface area contributed by atoms with Crippen LogP contribution in [-0.4, -0.2) is 68.1 Å². The highest BCUT2D eigenvalue weighted by Gasteiger charge is 2.17. The summed E-state index contributed by atoms with van der Waals surface area (Å²) in [7, 11) is 1.86. The number of hydrogen-bond acceptors (Lipinski definition) is 4. The van der Waals surface area contributed by atoms with E-state index in [1.165, 1.54) is 0 Å². The van der Waals surface area contributed by atoms with Crippen LogP contribution in [0.15, 0.2) is 17.1 Å². The van der Waals surface area contributed by atoms with Gasteiger partial charge >= 0.3 is 0 Å². The van der Waals surface area contributed by atoms with Crippen molar-refractivity contribution in [2.24, 2.45) is 4.99 Å². The molecule has 0 aliphatic carbocycles. The molecular formula is C20H31ClN4O3. The largest absolute Gasteiger partial charge is 0.489 e. The van der Waals surface area contributed by atoms with E-state index >= 15 is 0 Å². The van der Waals surface area contributed by atoms with Crippen LogP contribution in [0.4, 0.5) is 0 Å². The van der Waals surface area contributed by atoms with E-state index in [1.807, 2.05) is 49.8 Å². The summed E-state index contributed by atoms with van der Waals surface area (Å²) < 4.78 is 11.4. The molecule has 7 nitrogen and oxygen atoms in total. The lowest BCUT2D eigenvalue weighted by molar-refractivity contribution is -0.131. The Hall–Kier alpha value is -2.15. The van der Waals surface area contributed by atoms with Crippen molar-refractivity contribution in [3.8, 4) is 11.5 Å². The van der Waals surface area contributed by atoms with Crippen LogP contribution >= 0.6 is 11.6 Å². The van der Waals surface area contributed by atoms with Gasteiger partial charge in [0.2, 0.25) is 5.91 Å². The Balaban J connectivity index is 2.12. The fraction of sp³-hybridized carbons (Fsp3) is 0.600. The first kappa shape index (κ1) is 22.1. The Labute approximate surface area is 172 Å². The lowest BCUT2D eigenvalue weighted by atomic mass is 10.2. The molecule has 1 amide bonds. The molecule has 8 heteroatoms. The molecule has 0 atom stereocenters. The summed E-state index contributed by atoms with van der Waals surface area (Å²) in [6, 6.07) is 3.77. The van der Waals surface area contributed by atoms with E-state index in [-0.39, 0.29) is 12.5 Å². The summed E-state index contributed by atoms with van der Waals surface area (Å²) in [5.74, 6) is 2.01. The van der Waals surface area contributed by atoms with Gasteiger partial charge in [-0.2, -0.15) is 0 Å². The molecule has 0 unspecified atom stereocenters. The van der Waals surface area contributed by atoms with Gasteiger partial charge in [0.25, 0.3) is 0 Å². The van der Waals surface area contributed by atoms with Gasteiger partial charge in [-0.05, 0) is 38.5 Å². The van der Waals surface area contributed by atoms with Gasteiger partial charge in [0, 0.05) is 33.1 Å². The SMILES string of the molecule is CCNC(=NCc1cc(Cl)c2c(c1)OCCCO2)N(C)CC(=O)N(CC)CC. The third-order valence-electron chi connectivity index (χ3n) is 4.46. The van der Waals surface area contributed by atoms with Gasteiger partial charge in [-0.1, -0.05) is 11.6 Å². The quantitative estimate of drug-likeness (QED) is 0.553. The number of rotatable bonds is 7. The number of carbonyl (C=O) groups is 1. The first-order valence-electron chi connectivity index (χ1n) is 9.85. The van der Waals surface area contributed by atoms with Crippen molar-refractivity contribution in [2.75, 3.05) is 46.4 Å². The number of benzene rings is 1. The van der Waals surface area contributed by atoms with Crippen molar-refractivity contribution >= 4 is 23.5 Å². The van der Waals surface area contributed by atoms with Gasteiger partial charge in [-0.25, -0.2) is 4.99 Å². The predicted molar refractivity (Wildman–Crippen MR) is 112 cm³/mol. The fourth-order valence-corrected chi connectivity index (χ4v) is 3.25. The predicted octanol–water partition coefficient (Wildman–Crippen LogP) is 2.77. The number of hydrogen-bond donors (Lipinski definition) is 1. The Morgan fingerprint density at radius 1 is 1.21 bits per heavy atom. The number of fused-ring (bicyclic) bond motifs is 1. The lowest BCUT2D eigenvalue weighted by Gasteiger charge is -2.25. The molecule has 0 saturated carbocycles. The summed E-state index contributed by atoms with van der Waals surface area (Å²) in [6.45, 7) is 9.97. The minimum atomic E-state index is 0.0803. The number of ether oxygens (including phenoxy) is 2. The summed E-state index contributed by atoms with van der Waals surface area (Å²) in [6.07, 6.45) is 0.828. The number of likely N-dealkylation sites (N-methyl/N-ethyl adjacent to an activating group) is 2. The van der Waals surface area contributed by atoms with E-state index in [1.54, 1.807) is 0 Å². The van der Waals surface area contributed by atoms with Gasteiger partial charge in [-0.15, -0.1) is 0 Å². The molecule has 1 aromatic carbocycles. The second kappa shape index (κ2) is 11.0. The maximum absolute atomic E-state index is 12.4. The third kappa shape index (κ3) is 5.92. The standard InChI is InChI=1S/C20H31ClN4O3/c1-5-22-20(24(4)14-18(26)25(6-2)7-3)23-13-15-11-16(21)19-17(12-15)27-9-8-10-28-19/h11-12H,5-10,13-14H2,1-4H3,(H,22,23). The third-order valence-corrected chi connectivity index (χ3v) is 4.74. The van der Waals surface area contributed by atoms with Crippen molar-refractivity contribution in [1.82, 2.24) is 15.1 Å². The molecule has 1 aromatic rings. The average Bonchev–Trinajstić information content (AvgIpc) is 2.92. The van der Waals surface area contributed by atoms with E-state index in [4.69, 9.17) is 21.1 Å².